The van der Waals surface area contributed by atoms with Crippen LogP contribution in [0.4, 0.5) is 0 Å². The van der Waals surface area contributed by atoms with Gasteiger partial charge in [-0.05, 0) is 25.7 Å². The number of carbonyl (C=O) groups excluding carboxylic acids is 1. The first-order chi connectivity index (χ1) is 7.52. The molecule has 1 aliphatic heterocycles. The van der Waals surface area contributed by atoms with Crippen LogP contribution in [-0.2, 0) is 4.79 Å². The minimum Gasteiger partial charge on any atom is -0.323 e. The smallest absolute Gasteiger partial charge is 0.241 e. The fraction of sp³-hybridized carbons (Fsp3) is 0.923. The average molecular weight is 226 g/mol. The van der Waals surface area contributed by atoms with Crippen LogP contribution in [0.2, 0.25) is 0 Å². The van der Waals surface area contributed by atoms with Gasteiger partial charge < -0.3 is 4.90 Å². The lowest BCUT2D eigenvalue weighted by molar-refractivity contribution is -0.133. The molecule has 3 atom stereocenters. The Kier molecular flexibility index (Phi) is 4.78. The van der Waals surface area contributed by atoms with Crippen LogP contribution < -0.4 is 5.32 Å². The number of rotatable bonds is 5. The van der Waals surface area contributed by atoms with Crippen molar-refractivity contribution >= 4 is 5.91 Å². The topological polar surface area (TPSA) is 32.3 Å². The Morgan fingerprint density at radius 3 is 2.38 bits per heavy atom. The Hall–Kier alpha value is -0.570. The number of hydrogen-bond donors (Lipinski definition) is 1. The van der Waals surface area contributed by atoms with Gasteiger partial charge >= 0.3 is 0 Å². The second kappa shape index (κ2) is 5.67. The number of nitrogens with one attached hydrogen (secondary N) is 1. The molecule has 16 heavy (non-hydrogen) atoms. The zero-order chi connectivity index (χ0) is 12.3. The molecule has 1 heterocycles. The summed E-state index contributed by atoms with van der Waals surface area (Å²) < 4.78 is 0. The van der Waals surface area contributed by atoms with Gasteiger partial charge in [0.2, 0.25) is 5.91 Å². The molecule has 0 radical (unpaired) electrons. The van der Waals surface area contributed by atoms with Gasteiger partial charge in [0.05, 0.1) is 12.2 Å². The maximum absolute atomic E-state index is 12.2. The van der Waals surface area contributed by atoms with Crippen molar-refractivity contribution in [3.05, 3.63) is 0 Å². The first-order valence-electron chi connectivity index (χ1n) is 6.61. The van der Waals surface area contributed by atoms with Crippen LogP contribution in [0.5, 0.6) is 0 Å². The monoisotopic (exact) mass is 226 g/mol. The van der Waals surface area contributed by atoms with Gasteiger partial charge in [-0.3, -0.25) is 10.1 Å². The molecule has 3 unspecified atom stereocenters. The maximum atomic E-state index is 12.2. The average Bonchev–Trinajstić information content (AvgIpc) is 2.54. The molecule has 0 bridgehead atoms. The molecule has 3 nitrogen and oxygen atoms in total. The third kappa shape index (κ3) is 2.57. The Bertz CT molecular complexity index is 240. The van der Waals surface area contributed by atoms with E-state index in [1.165, 1.54) is 0 Å². The molecule has 0 aromatic carbocycles. The fourth-order valence-corrected chi connectivity index (χ4v) is 2.31. The highest BCUT2D eigenvalue weighted by atomic mass is 16.2. The summed E-state index contributed by atoms with van der Waals surface area (Å²) in [6.45, 7) is 10.8. The largest absolute Gasteiger partial charge is 0.323 e. The normalized spacial score (nSPS) is 27.9. The summed E-state index contributed by atoms with van der Waals surface area (Å²) in [6.07, 6.45) is 3.31. The molecular weight excluding hydrogens is 200 g/mol. The predicted octanol–water partition coefficient (Wildman–Crippen LogP) is 2.37. The van der Waals surface area contributed by atoms with Crippen molar-refractivity contribution in [1.29, 1.82) is 0 Å². The molecule has 0 aromatic rings. The van der Waals surface area contributed by atoms with Gasteiger partial charge in [-0.25, -0.2) is 0 Å². The van der Waals surface area contributed by atoms with Crippen LogP contribution in [0.1, 0.15) is 53.9 Å². The first-order valence-corrected chi connectivity index (χ1v) is 6.61. The van der Waals surface area contributed by atoms with Gasteiger partial charge in [0, 0.05) is 6.04 Å². The second-order valence-corrected chi connectivity index (χ2v) is 5.16. The van der Waals surface area contributed by atoms with E-state index in [1.54, 1.807) is 0 Å². The zero-order valence-electron chi connectivity index (χ0n) is 11.3. The van der Waals surface area contributed by atoms with Gasteiger partial charge in [0.25, 0.3) is 0 Å². The zero-order valence-corrected chi connectivity index (χ0v) is 11.3. The van der Waals surface area contributed by atoms with Gasteiger partial charge in [0.15, 0.2) is 0 Å². The van der Waals surface area contributed by atoms with Crippen LogP contribution in [0.3, 0.4) is 0 Å². The van der Waals surface area contributed by atoms with Crippen LogP contribution in [-0.4, -0.2) is 29.1 Å². The van der Waals surface area contributed by atoms with Crippen molar-refractivity contribution in [3.63, 3.8) is 0 Å². The summed E-state index contributed by atoms with van der Waals surface area (Å²) in [5, 5.41) is 3.45. The number of nitrogens with zero attached hydrogens (tertiary/aromatic N) is 1. The van der Waals surface area contributed by atoms with E-state index in [0.717, 1.165) is 19.3 Å². The van der Waals surface area contributed by atoms with E-state index in [1.807, 2.05) is 0 Å². The van der Waals surface area contributed by atoms with Crippen molar-refractivity contribution in [3.8, 4) is 0 Å². The predicted molar refractivity (Wildman–Crippen MR) is 67.1 cm³/mol. The van der Waals surface area contributed by atoms with Crippen LogP contribution in [0, 0.1) is 5.92 Å². The van der Waals surface area contributed by atoms with E-state index < -0.39 is 0 Å². The van der Waals surface area contributed by atoms with E-state index >= 15 is 0 Å². The highest BCUT2D eigenvalue weighted by molar-refractivity contribution is 5.84. The first kappa shape index (κ1) is 13.5. The van der Waals surface area contributed by atoms with Crippen molar-refractivity contribution < 1.29 is 4.79 Å². The van der Waals surface area contributed by atoms with Gasteiger partial charge in [-0.1, -0.05) is 34.1 Å². The highest BCUT2D eigenvalue weighted by Gasteiger charge is 2.40. The molecule has 1 saturated heterocycles. The van der Waals surface area contributed by atoms with Gasteiger partial charge in [0.1, 0.15) is 0 Å². The lowest BCUT2D eigenvalue weighted by Gasteiger charge is -2.32. The Balaban J connectivity index is 2.79. The quantitative estimate of drug-likeness (QED) is 0.780. The fourth-order valence-electron chi connectivity index (χ4n) is 2.31. The molecular formula is C13H26N2O. The molecule has 0 aliphatic carbocycles. The maximum Gasteiger partial charge on any atom is 0.241 e. The minimum absolute atomic E-state index is 0.0396. The summed E-state index contributed by atoms with van der Waals surface area (Å²) in [7, 11) is 0. The van der Waals surface area contributed by atoms with E-state index in [9.17, 15) is 4.79 Å². The summed E-state index contributed by atoms with van der Waals surface area (Å²) in [6, 6.07) is 0.367. The minimum atomic E-state index is 0.0396. The van der Waals surface area contributed by atoms with Crippen molar-refractivity contribution in [1.82, 2.24) is 10.2 Å². The van der Waals surface area contributed by atoms with Crippen molar-refractivity contribution in [2.45, 2.75) is 72.1 Å². The van der Waals surface area contributed by atoms with Crippen LogP contribution >= 0.6 is 0 Å². The van der Waals surface area contributed by atoms with E-state index in [0.29, 0.717) is 17.9 Å². The molecule has 0 aromatic heterocycles. The number of hydrogen-bond acceptors (Lipinski definition) is 2. The Morgan fingerprint density at radius 2 is 1.94 bits per heavy atom. The molecule has 1 N–H and O–H groups in total. The standard InChI is InChI=1S/C13H26N2O/c1-6-8-12-14-11(7-2)13(16)15(12)10(5)9(3)4/h9-12,14H,6-8H2,1-5H3. The lowest BCUT2D eigenvalue weighted by Crippen LogP contribution is -2.45. The molecule has 94 valence electrons. The molecule has 0 saturated carbocycles. The second-order valence-electron chi connectivity index (χ2n) is 5.16. The van der Waals surface area contributed by atoms with E-state index in [2.05, 4.69) is 44.8 Å². The van der Waals surface area contributed by atoms with Crippen molar-refractivity contribution in [2.75, 3.05) is 0 Å². The number of carbonyl (C=O) groups is 1. The Labute approximate surface area is 99.6 Å². The summed E-state index contributed by atoms with van der Waals surface area (Å²) >= 11 is 0. The van der Waals surface area contributed by atoms with E-state index in [-0.39, 0.29) is 12.2 Å². The van der Waals surface area contributed by atoms with Gasteiger partial charge in [-0.2, -0.15) is 0 Å². The third-order valence-corrected chi connectivity index (χ3v) is 3.66. The molecule has 1 fully saturated rings. The lowest BCUT2D eigenvalue weighted by atomic mass is 10.0. The van der Waals surface area contributed by atoms with Crippen molar-refractivity contribution in [2.24, 2.45) is 5.92 Å². The SMILES string of the molecule is CCCC1NC(CC)C(=O)N1C(C)C(C)C. The third-order valence-electron chi connectivity index (χ3n) is 3.66. The summed E-state index contributed by atoms with van der Waals surface area (Å²) in [5.74, 6) is 0.808. The highest BCUT2D eigenvalue weighted by Crippen LogP contribution is 2.23. The molecule has 1 rings (SSSR count). The van der Waals surface area contributed by atoms with Gasteiger partial charge in [-0.15, -0.1) is 0 Å². The summed E-state index contributed by atoms with van der Waals surface area (Å²) in [4.78, 5) is 14.3. The number of amides is 1. The van der Waals surface area contributed by atoms with E-state index in [4.69, 9.17) is 0 Å². The summed E-state index contributed by atoms with van der Waals surface area (Å²) in [5.41, 5.74) is 0. The molecule has 1 amide bonds. The molecule has 3 heteroatoms. The molecule has 0 spiro atoms. The van der Waals surface area contributed by atoms with Crippen LogP contribution in [0.25, 0.3) is 0 Å². The Morgan fingerprint density at radius 1 is 1.31 bits per heavy atom. The molecule has 1 aliphatic rings. The van der Waals surface area contributed by atoms with Crippen LogP contribution in [0.15, 0.2) is 0 Å².